The van der Waals surface area contributed by atoms with Crippen LogP contribution < -0.4 is 4.74 Å². The SMILES string of the molecule is O=C(Oc1ccc(F)cc1)n1c(C(F)(F)F)nc(Cl)c1Cl. The van der Waals surface area contributed by atoms with Crippen LogP contribution in [0.2, 0.25) is 10.3 Å². The van der Waals surface area contributed by atoms with Gasteiger partial charge in [-0.15, -0.1) is 0 Å². The van der Waals surface area contributed by atoms with Crippen LogP contribution in [-0.2, 0) is 6.18 Å². The largest absolute Gasteiger partial charge is 0.450 e. The summed E-state index contributed by atoms with van der Waals surface area (Å²) in [5, 5.41) is -1.43. The molecule has 0 amide bonds. The van der Waals surface area contributed by atoms with Gasteiger partial charge in [0.1, 0.15) is 11.6 Å². The molecule has 0 fully saturated rings. The van der Waals surface area contributed by atoms with E-state index in [1.165, 1.54) is 0 Å². The van der Waals surface area contributed by atoms with Crippen LogP contribution in [0.5, 0.6) is 5.75 Å². The van der Waals surface area contributed by atoms with Gasteiger partial charge in [0.05, 0.1) is 0 Å². The third-order valence-electron chi connectivity index (χ3n) is 2.24. The Labute approximate surface area is 124 Å². The minimum atomic E-state index is -4.96. The summed E-state index contributed by atoms with van der Waals surface area (Å²) in [7, 11) is 0. The Morgan fingerprint density at radius 3 is 2.29 bits per heavy atom. The Hall–Kier alpha value is -1.80. The number of rotatable bonds is 1. The number of carbonyl (C=O) groups is 1. The van der Waals surface area contributed by atoms with E-state index < -0.39 is 34.2 Å². The smallest absolute Gasteiger partial charge is 0.410 e. The number of benzene rings is 1. The minimum Gasteiger partial charge on any atom is -0.410 e. The van der Waals surface area contributed by atoms with E-state index in [-0.39, 0.29) is 10.3 Å². The second-order valence-electron chi connectivity index (χ2n) is 3.67. The third kappa shape index (κ3) is 3.27. The molecule has 1 aromatic heterocycles. The fourth-order valence-electron chi connectivity index (χ4n) is 1.38. The van der Waals surface area contributed by atoms with Crippen LogP contribution >= 0.6 is 23.2 Å². The first kappa shape index (κ1) is 15.6. The highest BCUT2D eigenvalue weighted by molar-refractivity contribution is 6.41. The first-order valence-electron chi connectivity index (χ1n) is 5.19. The summed E-state index contributed by atoms with van der Waals surface area (Å²) < 4.78 is 55.5. The van der Waals surface area contributed by atoms with E-state index in [0.29, 0.717) is 0 Å². The molecule has 2 rings (SSSR count). The van der Waals surface area contributed by atoms with Gasteiger partial charge in [-0.25, -0.2) is 18.7 Å². The zero-order chi connectivity index (χ0) is 15.8. The molecule has 0 spiro atoms. The lowest BCUT2D eigenvalue weighted by molar-refractivity contribution is -0.146. The number of imidazole rings is 1. The monoisotopic (exact) mass is 342 g/mol. The molecule has 0 aliphatic carbocycles. The third-order valence-corrected chi connectivity index (χ3v) is 2.95. The number of aromatic nitrogens is 2. The molecule has 0 saturated heterocycles. The van der Waals surface area contributed by atoms with Crippen LogP contribution in [0.15, 0.2) is 24.3 Å². The topological polar surface area (TPSA) is 44.1 Å². The molecule has 21 heavy (non-hydrogen) atoms. The van der Waals surface area contributed by atoms with E-state index in [4.69, 9.17) is 23.2 Å². The number of alkyl halides is 3. The van der Waals surface area contributed by atoms with Crippen LogP contribution in [0, 0.1) is 5.82 Å². The number of nitrogens with zero attached hydrogens (tertiary/aromatic N) is 2. The molecule has 0 radical (unpaired) electrons. The van der Waals surface area contributed by atoms with Crippen molar-refractivity contribution < 1.29 is 27.1 Å². The number of ether oxygens (including phenoxy) is 1. The van der Waals surface area contributed by atoms with Crippen molar-refractivity contribution in [3.05, 3.63) is 46.2 Å². The summed E-state index contributed by atoms with van der Waals surface area (Å²) in [5.41, 5.74) is 0. The van der Waals surface area contributed by atoms with Crippen LogP contribution in [0.4, 0.5) is 22.4 Å². The van der Waals surface area contributed by atoms with Crippen molar-refractivity contribution >= 4 is 29.3 Å². The van der Waals surface area contributed by atoms with Gasteiger partial charge in [-0.3, -0.25) is 0 Å². The molecule has 10 heteroatoms. The quantitative estimate of drug-likeness (QED) is 0.721. The average molecular weight is 343 g/mol. The number of carbonyl (C=O) groups excluding carboxylic acids is 1. The van der Waals surface area contributed by atoms with Gasteiger partial charge in [-0.05, 0) is 24.3 Å². The summed E-state index contributed by atoms with van der Waals surface area (Å²) in [6.07, 6.45) is -6.43. The molecule has 0 aliphatic rings. The predicted molar refractivity (Wildman–Crippen MR) is 65.1 cm³/mol. The van der Waals surface area contributed by atoms with Crippen molar-refractivity contribution in [2.24, 2.45) is 0 Å². The maximum absolute atomic E-state index is 12.7. The lowest BCUT2D eigenvalue weighted by Crippen LogP contribution is -2.24. The second-order valence-corrected chi connectivity index (χ2v) is 4.39. The van der Waals surface area contributed by atoms with E-state index in [0.717, 1.165) is 24.3 Å². The van der Waals surface area contributed by atoms with Crippen LogP contribution in [0.25, 0.3) is 0 Å². The second kappa shape index (κ2) is 5.53. The van der Waals surface area contributed by atoms with Gasteiger partial charge in [-0.1, -0.05) is 23.2 Å². The zero-order valence-electron chi connectivity index (χ0n) is 9.79. The lowest BCUT2D eigenvalue weighted by Gasteiger charge is -2.10. The van der Waals surface area contributed by atoms with Crippen LogP contribution in [0.3, 0.4) is 0 Å². The first-order chi connectivity index (χ1) is 9.70. The Bertz CT molecular complexity index is 683. The molecule has 2 aromatic rings. The van der Waals surface area contributed by atoms with E-state index in [9.17, 15) is 22.4 Å². The molecule has 0 aliphatic heterocycles. The van der Waals surface area contributed by atoms with Crippen LogP contribution in [0.1, 0.15) is 5.82 Å². The Morgan fingerprint density at radius 1 is 1.19 bits per heavy atom. The van der Waals surface area contributed by atoms with Gasteiger partial charge >= 0.3 is 12.3 Å². The van der Waals surface area contributed by atoms with Gasteiger partial charge in [-0.2, -0.15) is 13.2 Å². The molecule has 0 unspecified atom stereocenters. The molecule has 0 saturated carbocycles. The molecule has 0 atom stereocenters. The van der Waals surface area contributed by atoms with Crippen molar-refractivity contribution in [1.29, 1.82) is 0 Å². The summed E-state index contributed by atoms with van der Waals surface area (Å²) in [6.45, 7) is 0. The van der Waals surface area contributed by atoms with Crippen molar-refractivity contribution in [3.63, 3.8) is 0 Å². The fraction of sp³-hybridized carbons (Fsp3) is 0.0909. The van der Waals surface area contributed by atoms with Crippen molar-refractivity contribution in [3.8, 4) is 5.75 Å². The molecular formula is C11H4Cl2F4N2O2. The van der Waals surface area contributed by atoms with Crippen molar-refractivity contribution in [1.82, 2.24) is 9.55 Å². The molecule has 1 heterocycles. The highest BCUT2D eigenvalue weighted by atomic mass is 35.5. The maximum Gasteiger partial charge on any atom is 0.450 e. The summed E-state index contributed by atoms with van der Waals surface area (Å²) in [5.74, 6) is -2.39. The molecule has 112 valence electrons. The Morgan fingerprint density at radius 2 is 1.76 bits per heavy atom. The fourth-order valence-corrected chi connectivity index (χ4v) is 1.74. The number of hydrogen-bond donors (Lipinski definition) is 0. The predicted octanol–water partition coefficient (Wildman–Crippen LogP) is 4.39. The molecule has 0 N–H and O–H groups in total. The molecular weight excluding hydrogens is 339 g/mol. The van der Waals surface area contributed by atoms with Crippen molar-refractivity contribution in [2.75, 3.05) is 0 Å². The number of hydrogen-bond acceptors (Lipinski definition) is 3. The summed E-state index contributed by atoms with van der Waals surface area (Å²) >= 11 is 10.9. The summed E-state index contributed by atoms with van der Waals surface area (Å²) in [4.78, 5) is 14.7. The number of halogens is 6. The normalized spacial score (nSPS) is 11.5. The van der Waals surface area contributed by atoms with Gasteiger partial charge in [0.25, 0.3) is 0 Å². The molecule has 1 aromatic carbocycles. The average Bonchev–Trinajstić information content (AvgIpc) is 2.69. The Balaban J connectivity index is 2.37. The zero-order valence-corrected chi connectivity index (χ0v) is 11.3. The van der Waals surface area contributed by atoms with E-state index in [1.807, 2.05) is 0 Å². The van der Waals surface area contributed by atoms with Gasteiger partial charge in [0.2, 0.25) is 5.82 Å². The van der Waals surface area contributed by atoms with Crippen LogP contribution in [-0.4, -0.2) is 15.6 Å². The highest BCUT2D eigenvalue weighted by Crippen LogP contribution is 2.34. The van der Waals surface area contributed by atoms with E-state index in [1.54, 1.807) is 0 Å². The lowest BCUT2D eigenvalue weighted by atomic mass is 10.3. The molecule has 0 bridgehead atoms. The van der Waals surface area contributed by atoms with E-state index in [2.05, 4.69) is 9.72 Å². The minimum absolute atomic E-state index is 0.0206. The summed E-state index contributed by atoms with van der Waals surface area (Å²) in [6, 6.07) is 4.06. The van der Waals surface area contributed by atoms with Gasteiger partial charge in [0, 0.05) is 0 Å². The van der Waals surface area contributed by atoms with E-state index >= 15 is 0 Å². The standard InChI is InChI=1S/C11H4Cl2F4N2O2/c12-7-8(13)19(9(18-7)11(15,16)17)10(20)21-6-3-1-5(14)2-4-6/h1-4H. The first-order valence-corrected chi connectivity index (χ1v) is 5.94. The van der Waals surface area contributed by atoms with Gasteiger partial charge < -0.3 is 4.74 Å². The Kier molecular flexibility index (Phi) is 4.11. The maximum atomic E-state index is 12.7. The van der Waals surface area contributed by atoms with Gasteiger partial charge in [0.15, 0.2) is 10.3 Å². The molecule has 4 nitrogen and oxygen atoms in total. The highest BCUT2D eigenvalue weighted by Gasteiger charge is 2.41. The van der Waals surface area contributed by atoms with Crippen molar-refractivity contribution in [2.45, 2.75) is 6.18 Å².